The van der Waals surface area contributed by atoms with Crippen molar-refractivity contribution in [2.45, 2.75) is 51.8 Å². The SMILES string of the molecule is Cc1nn(CC(C)(C)O)cc1-c1ccc2c(C(=O)Nc3cc(-c4nnn(C5CC5)n4)c(F)cc3Cl)cnn2c1. The van der Waals surface area contributed by atoms with Gasteiger partial charge in [-0.05, 0) is 57.0 Å². The summed E-state index contributed by atoms with van der Waals surface area (Å²) in [5, 5.41) is 34.0. The van der Waals surface area contributed by atoms with Gasteiger partial charge in [0.15, 0.2) is 0 Å². The fourth-order valence-electron chi connectivity index (χ4n) is 4.40. The second-order valence-corrected chi connectivity index (χ2v) is 10.8. The highest BCUT2D eigenvalue weighted by Crippen LogP contribution is 2.35. The van der Waals surface area contributed by atoms with Crippen LogP contribution in [0.4, 0.5) is 10.1 Å². The van der Waals surface area contributed by atoms with E-state index in [0.29, 0.717) is 17.6 Å². The number of carbonyl (C=O) groups is 1. The fourth-order valence-corrected chi connectivity index (χ4v) is 4.59. The molecule has 200 valence electrons. The van der Waals surface area contributed by atoms with Crippen LogP contribution in [0.1, 0.15) is 48.8 Å². The largest absolute Gasteiger partial charge is 0.389 e. The van der Waals surface area contributed by atoms with E-state index >= 15 is 0 Å². The van der Waals surface area contributed by atoms with Crippen molar-refractivity contribution in [2.24, 2.45) is 0 Å². The smallest absolute Gasteiger partial charge is 0.259 e. The first-order valence-electron chi connectivity index (χ1n) is 12.4. The number of carbonyl (C=O) groups excluding carboxylic acids is 1. The maximum absolute atomic E-state index is 14.7. The molecule has 0 unspecified atom stereocenters. The minimum absolute atomic E-state index is 0.0384. The topological polar surface area (TPSA) is 128 Å². The van der Waals surface area contributed by atoms with Crippen molar-refractivity contribution in [2.75, 3.05) is 5.32 Å². The zero-order valence-corrected chi connectivity index (χ0v) is 22.2. The third-order valence-electron chi connectivity index (χ3n) is 6.41. The average molecular weight is 550 g/mol. The van der Waals surface area contributed by atoms with Crippen LogP contribution in [0.15, 0.2) is 42.9 Å². The van der Waals surface area contributed by atoms with Gasteiger partial charge < -0.3 is 10.4 Å². The number of aliphatic hydroxyl groups is 1. The Balaban J connectivity index is 1.26. The Morgan fingerprint density at radius 1 is 1.21 bits per heavy atom. The molecule has 1 saturated carbocycles. The summed E-state index contributed by atoms with van der Waals surface area (Å²) in [7, 11) is 0. The molecular formula is C26H25ClFN9O2. The maximum Gasteiger partial charge on any atom is 0.259 e. The van der Waals surface area contributed by atoms with Crippen LogP contribution in [0.5, 0.6) is 0 Å². The lowest BCUT2D eigenvalue weighted by Gasteiger charge is -2.16. The van der Waals surface area contributed by atoms with Crippen LogP contribution in [0.2, 0.25) is 5.02 Å². The van der Waals surface area contributed by atoms with Crippen molar-refractivity contribution in [1.29, 1.82) is 0 Å². The molecule has 1 fully saturated rings. The lowest BCUT2D eigenvalue weighted by Crippen LogP contribution is -2.26. The van der Waals surface area contributed by atoms with Crippen LogP contribution in [-0.2, 0) is 6.54 Å². The maximum atomic E-state index is 14.7. The van der Waals surface area contributed by atoms with Crippen LogP contribution in [0.3, 0.4) is 0 Å². The van der Waals surface area contributed by atoms with Gasteiger partial charge in [-0.3, -0.25) is 9.48 Å². The summed E-state index contributed by atoms with van der Waals surface area (Å²) in [6.07, 6.45) is 7.07. The van der Waals surface area contributed by atoms with Crippen molar-refractivity contribution >= 4 is 28.7 Å². The van der Waals surface area contributed by atoms with E-state index < -0.39 is 17.3 Å². The van der Waals surface area contributed by atoms with Gasteiger partial charge in [0.25, 0.3) is 5.91 Å². The number of aryl methyl sites for hydroxylation is 1. The number of hydrogen-bond acceptors (Lipinski definition) is 7. The molecule has 0 bridgehead atoms. The summed E-state index contributed by atoms with van der Waals surface area (Å²) >= 11 is 6.26. The minimum Gasteiger partial charge on any atom is -0.389 e. The van der Waals surface area contributed by atoms with Crippen LogP contribution < -0.4 is 5.32 Å². The van der Waals surface area contributed by atoms with Gasteiger partial charge >= 0.3 is 0 Å². The van der Waals surface area contributed by atoms with Gasteiger partial charge in [0.1, 0.15) is 5.82 Å². The summed E-state index contributed by atoms with van der Waals surface area (Å²) in [5.41, 5.74) is 2.84. The highest BCUT2D eigenvalue weighted by molar-refractivity contribution is 6.34. The molecule has 4 heterocycles. The van der Waals surface area contributed by atoms with E-state index in [4.69, 9.17) is 11.6 Å². The van der Waals surface area contributed by atoms with Gasteiger partial charge in [0.05, 0.1) is 57.4 Å². The number of benzene rings is 1. The zero-order chi connectivity index (χ0) is 27.5. The Morgan fingerprint density at radius 2 is 2.00 bits per heavy atom. The molecule has 0 radical (unpaired) electrons. The van der Waals surface area contributed by atoms with E-state index in [-0.39, 0.29) is 28.1 Å². The van der Waals surface area contributed by atoms with Crippen LogP contribution in [0.25, 0.3) is 28.0 Å². The molecule has 1 aromatic carbocycles. The quantitative estimate of drug-likeness (QED) is 0.309. The fraction of sp³-hybridized carbons (Fsp3) is 0.308. The van der Waals surface area contributed by atoms with Gasteiger partial charge in [-0.15, -0.1) is 10.2 Å². The number of hydrogen-bond donors (Lipinski definition) is 2. The van der Waals surface area contributed by atoms with E-state index in [1.807, 2.05) is 25.4 Å². The summed E-state index contributed by atoms with van der Waals surface area (Å²) in [6.45, 7) is 5.70. The number of halogens is 2. The second-order valence-electron chi connectivity index (χ2n) is 10.4. The average Bonchev–Trinajstić information content (AvgIpc) is 3.27. The lowest BCUT2D eigenvalue weighted by atomic mass is 10.1. The van der Waals surface area contributed by atoms with Gasteiger partial charge in [-0.2, -0.15) is 15.0 Å². The molecule has 6 rings (SSSR count). The van der Waals surface area contributed by atoms with Crippen molar-refractivity contribution in [3.63, 3.8) is 0 Å². The molecule has 1 amide bonds. The van der Waals surface area contributed by atoms with E-state index in [1.165, 1.54) is 17.1 Å². The van der Waals surface area contributed by atoms with Gasteiger partial charge in [0, 0.05) is 23.5 Å². The Morgan fingerprint density at radius 3 is 2.74 bits per heavy atom. The summed E-state index contributed by atoms with van der Waals surface area (Å²) in [6, 6.07) is 6.39. The van der Waals surface area contributed by atoms with Gasteiger partial charge in [0.2, 0.25) is 5.82 Å². The van der Waals surface area contributed by atoms with Crippen LogP contribution in [-0.4, -0.2) is 56.2 Å². The molecular weight excluding hydrogens is 525 g/mol. The van der Waals surface area contributed by atoms with Crippen molar-refractivity contribution in [3.8, 4) is 22.5 Å². The van der Waals surface area contributed by atoms with E-state index in [2.05, 4.69) is 30.9 Å². The van der Waals surface area contributed by atoms with Crippen molar-refractivity contribution in [1.82, 2.24) is 39.6 Å². The molecule has 2 N–H and O–H groups in total. The number of aromatic nitrogens is 8. The number of nitrogens with zero attached hydrogens (tertiary/aromatic N) is 8. The van der Waals surface area contributed by atoms with Crippen LogP contribution >= 0.6 is 11.6 Å². The molecule has 1 aliphatic carbocycles. The number of tetrazole rings is 1. The standard InChI is InChI=1S/C26H25ClFN9O2/c1-14-19(12-35(32-14)13-26(2,3)39)15-4-7-23-18(10-29-36(23)11-15)25(38)30-22-8-17(21(28)9-20(22)27)24-31-34-37(33-24)16-5-6-16/h4,7-12,16,39H,5-6,13H2,1-3H3,(H,30,38). The molecule has 11 nitrogen and oxygen atoms in total. The third-order valence-corrected chi connectivity index (χ3v) is 6.73. The summed E-state index contributed by atoms with van der Waals surface area (Å²) in [4.78, 5) is 14.7. The first kappa shape index (κ1) is 25.1. The van der Waals surface area contributed by atoms with E-state index in [0.717, 1.165) is 35.7 Å². The normalized spacial score (nSPS) is 13.8. The highest BCUT2D eigenvalue weighted by Gasteiger charge is 2.27. The summed E-state index contributed by atoms with van der Waals surface area (Å²) in [5.74, 6) is -0.949. The Kier molecular flexibility index (Phi) is 5.96. The first-order chi connectivity index (χ1) is 18.6. The van der Waals surface area contributed by atoms with Crippen LogP contribution in [0, 0.1) is 12.7 Å². The predicted molar refractivity (Wildman–Crippen MR) is 142 cm³/mol. The number of nitrogens with one attached hydrogen (secondary N) is 1. The monoisotopic (exact) mass is 549 g/mol. The first-order valence-corrected chi connectivity index (χ1v) is 12.8. The van der Waals surface area contributed by atoms with Gasteiger partial charge in [-0.1, -0.05) is 17.7 Å². The third kappa shape index (κ3) is 5.00. The Labute approximate surface area is 227 Å². The molecule has 0 atom stereocenters. The number of amides is 1. The number of fused-ring (bicyclic) bond motifs is 1. The predicted octanol–water partition coefficient (Wildman–Crippen LogP) is 4.31. The Hall–Kier alpha value is -4.16. The molecule has 4 aromatic heterocycles. The molecule has 5 aromatic rings. The number of pyridine rings is 1. The van der Waals surface area contributed by atoms with Crippen molar-refractivity contribution < 1.29 is 14.3 Å². The van der Waals surface area contributed by atoms with Crippen molar-refractivity contribution in [3.05, 3.63) is 65.0 Å². The molecule has 0 saturated heterocycles. The van der Waals surface area contributed by atoms with E-state index in [1.54, 1.807) is 29.1 Å². The lowest BCUT2D eigenvalue weighted by molar-refractivity contribution is 0.0577. The highest BCUT2D eigenvalue weighted by atomic mass is 35.5. The second kappa shape index (κ2) is 9.24. The number of anilines is 1. The zero-order valence-electron chi connectivity index (χ0n) is 21.4. The van der Waals surface area contributed by atoms with E-state index in [9.17, 15) is 14.3 Å². The summed E-state index contributed by atoms with van der Waals surface area (Å²) < 4.78 is 18.0. The molecule has 1 aliphatic rings. The van der Waals surface area contributed by atoms with Gasteiger partial charge in [-0.25, -0.2) is 8.91 Å². The molecule has 0 aliphatic heterocycles. The molecule has 39 heavy (non-hydrogen) atoms. The molecule has 0 spiro atoms. The minimum atomic E-state index is -0.899. The Bertz CT molecular complexity index is 1730. The molecule has 13 heteroatoms. The number of rotatable bonds is 7.